The first kappa shape index (κ1) is 16.6. The number of nitrogens with zero attached hydrogens (tertiary/aromatic N) is 1. The Balaban J connectivity index is 1.74. The topological polar surface area (TPSA) is 62.1 Å². The molecule has 0 atom stereocenters. The maximum absolute atomic E-state index is 11.8. The van der Waals surface area contributed by atoms with Crippen LogP contribution >= 0.6 is 34.5 Å². The number of carbonyl (C=O) groups is 1. The van der Waals surface area contributed by atoms with Crippen LogP contribution in [0.3, 0.4) is 0 Å². The second kappa shape index (κ2) is 8.04. The van der Waals surface area contributed by atoms with E-state index in [-0.39, 0.29) is 5.91 Å². The Labute approximate surface area is 142 Å². The minimum atomic E-state index is -0.148. The van der Waals surface area contributed by atoms with Gasteiger partial charge < -0.3 is 10.1 Å². The Morgan fingerprint density at radius 2 is 2.18 bits per heavy atom. The van der Waals surface area contributed by atoms with Gasteiger partial charge in [0.1, 0.15) is 16.8 Å². The van der Waals surface area contributed by atoms with Gasteiger partial charge in [-0.2, -0.15) is 5.26 Å². The summed E-state index contributed by atoms with van der Waals surface area (Å²) < 4.78 is 5.50. The van der Waals surface area contributed by atoms with Crippen LogP contribution in [0.4, 0.5) is 5.00 Å². The van der Waals surface area contributed by atoms with Gasteiger partial charge in [0.2, 0.25) is 5.91 Å². The molecule has 0 unspecified atom stereocenters. The number of rotatable bonds is 6. The Hall–Kier alpha value is -1.74. The number of benzene rings is 1. The molecule has 0 aliphatic rings. The van der Waals surface area contributed by atoms with Crippen LogP contribution in [0.25, 0.3) is 0 Å². The van der Waals surface area contributed by atoms with Crippen LogP contribution in [0.5, 0.6) is 5.75 Å². The first-order valence-electron chi connectivity index (χ1n) is 6.45. The molecule has 0 aliphatic heterocycles. The van der Waals surface area contributed by atoms with Crippen molar-refractivity contribution in [3.8, 4) is 11.8 Å². The van der Waals surface area contributed by atoms with Crippen molar-refractivity contribution in [2.24, 2.45) is 0 Å². The average molecular weight is 355 g/mol. The molecule has 1 aromatic heterocycles. The fourth-order valence-corrected chi connectivity index (χ4v) is 2.91. The molecule has 22 heavy (non-hydrogen) atoms. The van der Waals surface area contributed by atoms with E-state index in [9.17, 15) is 4.79 Å². The van der Waals surface area contributed by atoms with Gasteiger partial charge in [-0.25, -0.2) is 0 Å². The first-order chi connectivity index (χ1) is 10.6. The van der Waals surface area contributed by atoms with Crippen molar-refractivity contribution in [1.29, 1.82) is 5.26 Å². The fourth-order valence-electron chi connectivity index (χ4n) is 1.69. The van der Waals surface area contributed by atoms with E-state index in [0.717, 1.165) is 0 Å². The van der Waals surface area contributed by atoms with Crippen molar-refractivity contribution in [2.75, 3.05) is 11.9 Å². The number of hydrogen-bond donors (Lipinski definition) is 1. The Morgan fingerprint density at radius 3 is 2.91 bits per heavy atom. The molecule has 1 N–H and O–H groups in total. The third kappa shape index (κ3) is 4.63. The van der Waals surface area contributed by atoms with Crippen LogP contribution in [0.2, 0.25) is 10.0 Å². The molecule has 1 amide bonds. The quantitative estimate of drug-likeness (QED) is 0.763. The molecule has 0 fully saturated rings. The number of anilines is 1. The summed E-state index contributed by atoms with van der Waals surface area (Å²) in [6.07, 6.45) is 0.839. The lowest BCUT2D eigenvalue weighted by atomic mass is 10.3. The van der Waals surface area contributed by atoms with Crippen LogP contribution in [-0.2, 0) is 4.79 Å². The molecule has 114 valence electrons. The molecule has 0 spiro atoms. The van der Waals surface area contributed by atoms with Crippen molar-refractivity contribution in [1.82, 2.24) is 0 Å². The van der Waals surface area contributed by atoms with E-state index in [1.54, 1.807) is 29.6 Å². The van der Waals surface area contributed by atoms with Crippen LogP contribution in [0.15, 0.2) is 29.6 Å². The van der Waals surface area contributed by atoms with Gasteiger partial charge in [-0.05, 0) is 36.1 Å². The molecule has 1 heterocycles. The lowest BCUT2D eigenvalue weighted by Crippen LogP contribution is -2.12. The number of hydrogen-bond acceptors (Lipinski definition) is 4. The van der Waals surface area contributed by atoms with Crippen LogP contribution in [0, 0.1) is 11.3 Å². The highest BCUT2D eigenvalue weighted by atomic mass is 35.5. The second-order valence-electron chi connectivity index (χ2n) is 4.35. The molecule has 0 aliphatic carbocycles. The lowest BCUT2D eigenvalue weighted by Gasteiger charge is -2.08. The third-order valence-electron chi connectivity index (χ3n) is 2.74. The number of amides is 1. The molecule has 2 rings (SSSR count). The summed E-state index contributed by atoms with van der Waals surface area (Å²) in [6, 6.07) is 8.68. The summed E-state index contributed by atoms with van der Waals surface area (Å²) in [4.78, 5) is 11.8. The van der Waals surface area contributed by atoms with Gasteiger partial charge in [-0.1, -0.05) is 23.2 Å². The molecule has 0 saturated carbocycles. The summed E-state index contributed by atoms with van der Waals surface area (Å²) >= 11 is 13.1. The number of nitriles is 1. The van der Waals surface area contributed by atoms with E-state index in [0.29, 0.717) is 45.8 Å². The van der Waals surface area contributed by atoms with Crippen LogP contribution < -0.4 is 10.1 Å². The monoisotopic (exact) mass is 354 g/mol. The van der Waals surface area contributed by atoms with Crippen LogP contribution in [0.1, 0.15) is 18.4 Å². The van der Waals surface area contributed by atoms with Gasteiger partial charge in [0.15, 0.2) is 0 Å². The SMILES string of the molecule is N#Cc1ccsc1NC(=O)CCCOc1ccc(Cl)cc1Cl. The molecule has 0 radical (unpaired) electrons. The Bertz CT molecular complexity index is 710. The number of thiophene rings is 1. The van der Waals surface area contributed by atoms with Gasteiger partial charge in [0.05, 0.1) is 17.2 Å². The maximum atomic E-state index is 11.8. The summed E-state index contributed by atoms with van der Waals surface area (Å²) in [5.74, 6) is 0.390. The largest absolute Gasteiger partial charge is 0.492 e. The summed E-state index contributed by atoms with van der Waals surface area (Å²) in [5.41, 5.74) is 0.475. The Kier molecular flexibility index (Phi) is 6.08. The van der Waals surface area contributed by atoms with Gasteiger partial charge in [0, 0.05) is 11.4 Å². The average Bonchev–Trinajstić information content (AvgIpc) is 2.92. The highest BCUT2D eigenvalue weighted by molar-refractivity contribution is 7.14. The zero-order valence-corrected chi connectivity index (χ0v) is 13.8. The summed E-state index contributed by atoms with van der Waals surface area (Å²) in [7, 11) is 0. The van der Waals surface area contributed by atoms with Crippen LogP contribution in [-0.4, -0.2) is 12.5 Å². The Morgan fingerprint density at radius 1 is 1.36 bits per heavy atom. The number of halogens is 2. The predicted molar refractivity (Wildman–Crippen MR) is 88.9 cm³/mol. The minimum Gasteiger partial charge on any atom is -0.492 e. The zero-order chi connectivity index (χ0) is 15.9. The van der Waals surface area contributed by atoms with E-state index >= 15 is 0 Å². The summed E-state index contributed by atoms with van der Waals surface area (Å²) in [6.45, 7) is 0.365. The third-order valence-corrected chi connectivity index (χ3v) is 4.10. The fraction of sp³-hybridized carbons (Fsp3) is 0.200. The lowest BCUT2D eigenvalue weighted by molar-refractivity contribution is -0.116. The van der Waals surface area contributed by atoms with Gasteiger partial charge in [0.25, 0.3) is 0 Å². The predicted octanol–water partition coefficient (Wildman–Crippen LogP) is 4.72. The van der Waals surface area contributed by atoms with Gasteiger partial charge in [-0.3, -0.25) is 4.79 Å². The van der Waals surface area contributed by atoms with Crippen molar-refractivity contribution >= 4 is 45.4 Å². The van der Waals surface area contributed by atoms with Gasteiger partial charge >= 0.3 is 0 Å². The van der Waals surface area contributed by atoms with Crippen molar-refractivity contribution < 1.29 is 9.53 Å². The molecular weight excluding hydrogens is 343 g/mol. The highest BCUT2D eigenvalue weighted by Crippen LogP contribution is 2.27. The highest BCUT2D eigenvalue weighted by Gasteiger charge is 2.08. The second-order valence-corrected chi connectivity index (χ2v) is 6.11. The van der Waals surface area contributed by atoms with Crippen molar-refractivity contribution in [2.45, 2.75) is 12.8 Å². The van der Waals surface area contributed by atoms with Gasteiger partial charge in [-0.15, -0.1) is 11.3 Å². The van der Waals surface area contributed by atoms with E-state index in [2.05, 4.69) is 5.32 Å². The van der Waals surface area contributed by atoms with Crippen molar-refractivity contribution in [3.63, 3.8) is 0 Å². The molecule has 0 saturated heterocycles. The molecule has 7 heteroatoms. The number of carbonyl (C=O) groups excluding carboxylic acids is 1. The minimum absolute atomic E-state index is 0.148. The molecular formula is C15H12Cl2N2O2S. The van der Waals surface area contributed by atoms with E-state index in [4.69, 9.17) is 33.2 Å². The normalized spacial score (nSPS) is 10.0. The van der Waals surface area contributed by atoms with Crippen molar-refractivity contribution in [3.05, 3.63) is 45.3 Å². The molecule has 2 aromatic rings. The first-order valence-corrected chi connectivity index (χ1v) is 8.09. The number of nitrogens with one attached hydrogen (secondary N) is 1. The summed E-state index contributed by atoms with van der Waals surface area (Å²) in [5, 5.41) is 14.9. The molecule has 4 nitrogen and oxygen atoms in total. The van der Waals surface area contributed by atoms with E-state index < -0.39 is 0 Å². The zero-order valence-electron chi connectivity index (χ0n) is 11.4. The van der Waals surface area contributed by atoms with E-state index in [1.807, 2.05) is 6.07 Å². The molecule has 1 aromatic carbocycles. The molecule has 0 bridgehead atoms. The smallest absolute Gasteiger partial charge is 0.225 e. The van der Waals surface area contributed by atoms with E-state index in [1.165, 1.54) is 11.3 Å². The maximum Gasteiger partial charge on any atom is 0.225 e. The number of ether oxygens (including phenoxy) is 1. The standard InChI is InChI=1S/C15H12Cl2N2O2S/c16-11-3-4-13(12(17)8-11)21-6-1-2-14(20)19-15-10(9-18)5-7-22-15/h3-5,7-8H,1-2,6H2,(H,19,20).